The van der Waals surface area contributed by atoms with Crippen LogP contribution in [0.2, 0.25) is 0 Å². The Bertz CT molecular complexity index is 785. The average Bonchev–Trinajstić information content (AvgIpc) is 3.05. The standard InChI is InChI=1S/C17H18N2O6/c1-10-7-15(25-19-10)17(21)24-9-16(20)18-11(2)12-3-4-13-14(8-12)23-6-5-22-13/h3-4,7-8,11H,5-6,9H2,1-2H3,(H,18,20)/t11-/m1/s1. The topological polar surface area (TPSA) is 99.9 Å². The summed E-state index contributed by atoms with van der Waals surface area (Å²) in [7, 11) is 0. The van der Waals surface area contributed by atoms with Crippen molar-refractivity contribution in [2.75, 3.05) is 19.8 Å². The number of ether oxygens (including phenoxy) is 3. The van der Waals surface area contributed by atoms with E-state index >= 15 is 0 Å². The Labute approximate surface area is 144 Å². The average molecular weight is 346 g/mol. The van der Waals surface area contributed by atoms with E-state index < -0.39 is 18.5 Å². The van der Waals surface area contributed by atoms with E-state index in [1.54, 1.807) is 13.0 Å². The molecule has 0 radical (unpaired) electrons. The number of hydrogen-bond donors (Lipinski definition) is 1. The van der Waals surface area contributed by atoms with E-state index in [1.165, 1.54) is 6.07 Å². The highest BCUT2D eigenvalue weighted by molar-refractivity contribution is 5.88. The first kappa shape index (κ1) is 16.8. The van der Waals surface area contributed by atoms with Crippen LogP contribution in [-0.4, -0.2) is 36.9 Å². The van der Waals surface area contributed by atoms with Crippen LogP contribution in [0, 0.1) is 6.92 Å². The van der Waals surface area contributed by atoms with Gasteiger partial charge in [0, 0.05) is 6.07 Å². The smallest absolute Gasteiger partial charge is 0.377 e. The van der Waals surface area contributed by atoms with E-state index in [0.717, 1.165) is 5.56 Å². The molecule has 0 spiro atoms. The Kier molecular flexibility index (Phi) is 4.87. The van der Waals surface area contributed by atoms with Crippen molar-refractivity contribution in [1.82, 2.24) is 10.5 Å². The van der Waals surface area contributed by atoms with E-state index in [2.05, 4.69) is 10.5 Å². The molecule has 2 aromatic rings. The number of benzene rings is 1. The number of nitrogens with zero attached hydrogens (tertiary/aromatic N) is 1. The molecule has 132 valence electrons. The molecular formula is C17H18N2O6. The molecule has 3 rings (SSSR count). The Hall–Kier alpha value is -3.03. The van der Waals surface area contributed by atoms with Crippen LogP contribution in [0.4, 0.5) is 0 Å². The summed E-state index contributed by atoms with van der Waals surface area (Å²) in [6.45, 7) is 4.11. The van der Waals surface area contributed by atoms with E-state index in [1.807, 2.05) is 19.1 Å². The van der Waals surface area contributed by atoms with Gasteiger partial charge < -0.3 is 24.1 Å². The summed E-state index contributed by atoms with van der Waals surface area (Å²) < 4.78 is 20.7. The van der Waals surface area contributed by atoms with Crippen molar-refractivity contribution in [1.29, 1.82) is 0 Å². The van der Waals surface area contributed by atoms with Crippen molar-refractivity contribution < 1.29 is 28.3 Å². The largest absolute Gasteiger partial charge is 0.486 e. The number of rotatable bonds is 5. The van der Waals surface area contributed by atoms with Gasteiger partial charge in [-0.15, -0.1) is 0 Å². The van der Waals surface area contributed by atoms with Gasteiger partial charge in [-0.2, -0.15) is 0 Å². The highest BCUT2D eigenvalue weighted by Crippen LogP contribution is 2.32. The Balaban J connectivity index is 1.53. The molecule has 2 heterocycles. The van der Waals surface area contributed by atoms with Gasteiger partial charge in [-0.3, -0.25) is 4.79 Å². The highest BCUT2D eigenvalue weighted by Gasteiger charge is 2.18. The van der Waals surface area contributed by atoms with Gasteiger partial charge in [-0.1, -0.05) is 11.2 Å². The summed E-state index contributed by atoms with van der Waals surface area (Å²) in [4.78, 5) is 23.7. The summed E-state index contributed by atoms with van der Waals surface area (Å²) in [5.74, 6) is 0.140. The fraction of sp³-hybridized carbons (Fsp3) is 0.353. The van der Waals surface area contributed by atoms with Crippen LogP contribution in [0.3, 0.4) is 0 Å². The van der Waals surface area contributed by atoms with Gasteiger partial charge in [-0.25, -0.2) is 4.79 Å². The number of amides is 1. The van der Waals surface area contributed by atoms with E-state index in [-0.39, 0.29) is 11.8 Å². The lowest BCUT2D eigenvalue weighted by Crippen LogP contribution is -2.31. The molecule has 1 aromatic carbocycles. The van der Waals surface area contributed by atoms with Crippen molar-refractivity contribution in [3.63, 3.8) is 0 Å². The molecule has 0 aliphatic carbocycles. The van der Waals surface area contributed by atoms with Crippen LogP contribution in [0.15, 0.2) is 28.8 Å². The highest BCUT2D eigenvalue weighted by atomic mass is 16.6. The van der Waals surface area contributed by atoms with Gasteiger partial charge in [-0.05, 0) is 31.5 Å². The van der Waals surface area contributed by atoms with Crippen molar-refractivity contribution in [3.05, 3.63) is 41.3 Å². The zero-order valence-electron chi connectivity index (χ0n) is 13.9. The molecule has 0 unspecified atom stereocenters. The van der Waals surface area contributed by atoms with Crippen LogP contribution >= 0.6 is 0 Å². The molecule has 1 aliphatic rings. The lowest BCUT2D eigenvalue weighted by molar-refractivity contribution is -0.124. The van der Waals surface area contributed by atoms with Crippen molar-refractivity contribution in [3.8, 4) is 11.5 Å². The molecule has 25 heavy (non-hydrogen) atoms. The number of esters is 1. The monoisotopic (exact) mass is 346 g/mol. The summed E-state index contributed by atoms with van der Waals surface area (Å²) in [5.41, 5.74) is 1.42. The fourth-order valence-electron chi connectivity index (χ4n) is 2.36. The minimum Gasteiger partial charge on any atom is -0.486 e. The molecule has 0 saturated heterocycles. The predicted molar refractivity (Wildman–Crippen MR) is 85.5 cm³/mol. The number of nitrogens with one attached hydrogen (secondary N) is 1. The number of carbonyl (C=O) groups is 2. The van der Waals surface area contributed by atoms with Crippen molar-refractivity contribution in [2.45, 2.75) is 19.9 Å². The molecule has 0 bridgehead atoms. The lowest BCUT2D eigenvalue weighted by atomic mass is 10.1. The van der Waals surface area contributed by atoms with Gasteiger partial charge in [0.05, 0.1) is 11.7 Å². The SMILES string of the molecule is Cc1cc(C(=O)OCC(=O)N[C@H](C)c2ccc3c(c2)OCCO3)on1. The van der Waals surface area contributed by atoms with E-state index in [9.17, 15) is 9.59 Å². The molecular weight excluding hydrogens is 328 g/mol. The first-order valence-electron chi connectivity index (χ1n) is 7.82. The number of aromatic nitrogens is 1. The third-order valence-electron chi connectivity index (χ3n) is 3.61. The van der Waals surface area contributed by atoms with Crippen LogP contribution in [0.25, 0.3) is 0 Å². The lowest BCUT2D eigenvalue weighted by Gasteiger charge is -2.21. The molecule has 1 atom stereocenters. The molecule has 1 aliphatic heterocycles. The normalized spacial score (nSPS) is 13.8. The molecule has 1 amide bonds. The van der Waals surface area contributed by atoms with E-state index in [0.29, 0.717) is 30.4 Å². The van der Waals surface area contributed by atoms with E-state index in [4.69, 9.17) is 18.7 Å². The summed E-state index contributed by atoms with van der Waals surface area (Å²) >= 11 is 0. The van der Waals surface area contributed by atoms with Crippen LogP contribution in [-0.2, 0) is 9.53 Å². The fourth-order valence-corrected chi connectivity index (χ4v) is 2.36. The minimum atomic E-state index is -0.734. The predicted octanol–water partition coefficient (Wildman–Crippen LogP) is 1.79. The molecule has 1 N–H and O–H groups in total. The quantitative estimate of drug-likeness (QED) is 0.824. The maximum Gasteiger partial charge on any atom is 0.377 e. The second kappa shape index (κ2) is 7.25. The number of fused-ring (bicyclic) bond motifs is 1. The maximum atomic E-state index is 12.0. The van der Waals surface area contributed by atoms with Crippen LogP contribution in [0.1, 0.15) is 34.8 Å². The number of hydrogen-bond acceptors (Lipinski definition) is 7. The third kappa shape index (κ3) is 4.09. The van der Waals surface area contributed by atoms with Crippen molar-refractivity contribution in [2.24, 2.45) is 0 Å². The number of carbonyl (C=O) groups excluding carboxylic acids is 2. The van der Waals surface area contributed by atoms with Gasteiger partial charge in [0.1, 0.15) is 13.2 Å². The Morgan fingerprint density at radius 2 is 2.00 bits per heavy atom. The van der Waals surface area contributed by atoms with Gasteiger partial charge >= 0.3 is 5.97 Å². The maximum absolute atomic E-state index is 12.0. The summed E-state index contributed by atoms with van der Waals surface area (Å²) in [5, 5.41) is 6.35. The Morgan fingerprint density at radius 3 is 2.72 bits per heavy atom. The second-order valence-electron chi connectivity index (χ2n) is 5.60. The molecule has 8 nitrogen and oxygen atoms in total. The van der Waals surface area contributed by atoms with Crippen LogP contribution in [0.5, 0.6) is 11.5 Å². The first-order chi connectivity index (χ1) is 12.0. The molecule has 8 heteroatoms. The van der Waals surface area contributed by atoms with Crippen LogP contribution < -0.4 is 14.8 Å². The van der Waals surface area contributed by atoms with Gasteiger partial charge in [0.2, 0.25) is 5.76 Å². The first-order valence-corrected chi connectivity index (χ1v) is 7.82. The summed E-state index contributed by atoms with van der Waals surface area (Å²) in [6, 6.07) is 6.64. The van der Waals surface area contributed by atoms with Crippen molar-refractivity contribution >= 4 is 11.9 Å². The van der Waals surface area contributed by atoms with Gasteiger partial charge in [0.25, 0.3) is 5.91 Å². The summed E-state index contributed by atoms with van der Waals surface area (Å²) in [6.07, 6.45) is 0. The molecule has 0 fully saturated rings. The zero-order valence-corrected chi connectivity index (χ0v) is 13.9. The molecule has 0 saturated carbocycles. The van der Waals surface area contributed by atoms with Gasteiger partial charge in [0.15, 0.2) is 18.1 Å². The zero-order chi connectivity index (χ0) is 17.8. The third-order valence-corrected chi connectivity index (χ3v) is 3.61. The second-order valence-corrected chi connectivity index (χ2v) is 5.60. The number of aryl methyl sites for hydroxylation is 1. The Morgan fingerprint density at radius 1 is 1.24 bits per heavy atom. The molecule has 1 aromatic heterocycles. The minimum absolute atomic E-state index is 0.0369.